The minimum atomic E-state index is -0.513. The maximum atomic E-state index is 12.9. The second kappa shape index (κ2) is 8.98. The van der Waals surface area contributed by atoms with Crippen LogP contribution in [0.5, 0.6) is 23.0 Å². The summed E-state index contributed by atoms with van der Waals surface area (Å²) in [5.41, 5.74) is 2.12. The molecule has 0 atom stereocenters. The highest BCUT2D eigenvalue weighted by Crippen LogP contribution is 2.40. The first-order valence-electron chi connectivity index (χ1n) is 10.2. The van der Waals surface area contributed by atoms with Crippen LogP contribution in [-0.2, 0) is 0 Å². The summed E-state index contributed by atoms with van der Waals surface area (Å²) in [5, 5.41) is 0. The van der Waals surface area contributed by atoms with Crippen LogP contribution in [0.2, 0.25) is 0 Å². The molecule has 0 saturated heterocycles. The van der Waals surface area contributed by atoms with Crippen molar-refractivity contribution >= 4 is 17.8 Å². The predicted octanol–water partition coefficient (Wildman–Crippen LogP) is 5.24. The number of esters is 1. The lowest BCUT2D eigenvalue weighted by Gasteiger charge is -2.10. The number of methoxy groups -OCH3 is 1. The number of carbonyl (C=O) groups excluding carboxylic acids is 2. The Hall–Kier alpha value is -4.06. The molecule has 1 aliphatic rings. The number of rotatable bonds is 6. The Morgan fingerprint density at radius 3 is 2.47 bits per heavy atom. The molecule has 0 unspecified atom stereocenters. The highest BCUT2D eigenvalue weighted by Gasteiger charge is 2.31. The summed E-state index contributed by atoms with van der Waals surface area (Å²) in [4.78, 5) is 25.4. The molecule has 0 amide bonds. The molecule has 32 heavy (non-hydrogen) atoms. The average molecular weight is 430 g/mol. The van der Waals surface area contributed by atoms with Gasteiger partial charge in [-0.05, 0) is 62.4 Å². The number of hydrogen-bond donors (Lipinski definition) is 0. The molecule has 0 aliphatic carbocycles. The van der Waals surface area contributed by atoms with Gasteiger partial charge in [0.1, 0.15) is 23.0 Å². The number of ether oxygens (including phenoxy) is 4. The molecule has 0 saturated carbocycles. The molecule has 0 N–H and O–H groups in total. The summed E-state index contributed by atoms with van der Waals surface area (Å²) >= 11 is 0. The van der Waals surface area contributed by atoms with Crippen molar-refractivity contribution in [3.8, 4) is 23.0 Å². The number of fused-ring (bicyclic) bond motifs is 1. The van der Waals surface area contributed by atoms with E-state index in [0.717, 1.165) is 5.56 Å². The normalized spacial score (nSPS) is 13.5. The van der Waals surface area contributed by atoms with Crippen LogP contribution in [0.1, 0.15) is 38.8 Å². The van der Waals surface area contributed by atoms with E-state index in [0.29, 0.717) is 46.3 Å². The van der Waals surface area contributed by atoms with Gasteiger partial charge in [-0.15, -0.1) is 0 Å². The third-order valence-electron chi connectivity index (χ3n) is 5.07. The van der Waals surface area contributed by atoms with Crippen LogP contribution < -0.4 is 18.9 Å². The second-order valence-corrected chi connectivity index (χ2v) is 7.09. The fourth-order valence-electron chi connectivity index (χ4n) is 3.39. The molecule has 0 fully saturated rings. The monoisotopic (exact) mass is 430 g/mol. The van der Waals surface area contributed by atoms with Crippen molar-refractivity contribution in [3.63, 3.8) is 0 Å². The summed E-state index contributed by atoms with van der Waals surface area (Å²) < 4.78 is 22.2. The first kappa shape index (κ1) is 21.2. The van der Waals surface area contributed by atoms with Gasteiger partial charge < -0.3 is 18.9 Å². The molecule has 6 nitrogen and oxygen atoms in total. The fourth-order valence-corrected chi connectivity index (χ4v) is 3.39. The van der Waals surface area contributed by atoms with Crippen LogP contribution >= 0.6 is 0 Å². The van der Waals surface area contributed by atoms with Crippen LogP contribution in [0.4, 0.5) is 0 Å². The number of benzene rings is 3. The number of hydrogen-bond acceptors (Lipinski definition) is 6. The smallest absolute Gasteiger partial charge is 0.343 e. The molecule has 0 aromatic heterocycles. The molecular weight excluding hydrogens is 408 g/mol. The lowest BCUT2D eigenvalue weighted by atomic mass is 10.1. The first-order valence-corrected chi connectivity index (χ1v) is 10.2. The lowest BCUT2D eigenvalue weighted by molar-refractivity contribution is 0.0733. The van der Waals surface area contributed by atoms with Crippen molar-refractivity contribution in [1.82, 2.24) is 0 Å². The summed E-state index contributed by atoms with van der Waals surface area (Å²) in [7, 11) is 1.56. The molecular formula is C26H22O6. The average Bonchev–Trinajstić information content (AvgIpc) is 3.13. The quantitative estimate of drug-likeness (QED) is 0.303. The zero-order valence-corrected chi connectivity index (χ0v) is 18.0. The minimum Gasteiger partial charge on any atom is -0.497 e. The number of carbonyl (C=O) groups is 2. The van der Waals surface area contributed by atoms with Crippen molar-refractivity contribution in [3.05, 3.63) is 88.7 Å². The minimum absolute atomic E-state index is 0.189. The van der Waals surface area contributed by atoms with Gasteiger partial charge in [0.05, 0.1) is 24.8 Å². The van der Waals surface area contributed by atoms with E-state index in [1.165, 1.54) is 0 Å². The van der Waals surface area contributed by atoms with E-state index < -0.39 is 5.97 Å². The van der Waals surface area contributed by atoms with E-state index >= 15 is 0 Å². The largest absolute Gasteiger partial charge is 0.497 e. The highest BCUT2D eigenvalue weighted by atomic mass is 16.5. The van der Waals surface area contributed by atoms with Crippen molar-refractivity contribution in [1.29, 1.82) is 0 Å². The van der Waals surface area contributed by atoms with E-state index in [2.05, 4.69) is 0 Å². The van der Waals surface area contributed by atoms with Gasteiger partial charge in [0.15, 0.2) is 5.76 Å². The molecule has 162 valence electrons. The van der Waals surface area contributed by atoms with Gasteiger partial charge in [0.25, 0.3) is 0 Å². The molecule has 0 bridgehead atoms. The first-order chi connectivity index (χ1) is 15.5. The van der Waals surface area contributed by atoms with Crippen molar-refractivity contribution in [2.75, 3.05) is 13.7 Å². The topological polar surface area (TPSA) is 71.1 Å². The van der Waals surface area contributed by atoms with Gasteiger partial charge in [-0.1, -0.05) is 18.2 Å². The van der Waals surface area contributed by atoms with Crippen molar-refractivity contribution < 1.29 is 28.5 Å². The van der Waals surface area contributed by atoms with Gasteiger partial charge in [-0.2, -0.15) is 0 Å². The Balaban J connectivity index is 1.59. The van der Waals surface area contributed by atoms with Crippen LogP contribution in [0, 0.1) is 6.92 Å². The molecule has 1 heterocycles. The Morgan fingerprint density at radius 2 is 1.75 bits per heavy atom. The zero-order valence-electron chi connectivity index (χ0n) is 18.0. The van der Waals surface area contributed by atoms with Gasteiger partial charge in [0.2, 0.25) is 5.78 Å². The van der Waals surface area contributed by atoms with Crippen molar-refractivity contribution in [2.45, 2.75) is 13.8 Å². The summed E-state index contributed by atoms with van der Waals surface area (Å²) in [6.45, 7) is 4.16. The van der Waals surface area contributed by atoms with Gasteiger partial charge >= 0.3 is 5.97 Å². The SMILES string of the molecule is CCOc1ccccc1/C=C1\Oc2c(ccc(OC(=O)c3ccc(OC)cc3)c2C)C1=O. The van der Waals surface area contributed by atoms with E-state index in [4.69, 9.17) is 18.9 Å². The highest BCUT2D eigenvalue weighted by molar-refractivity contribution is 6.15. The molecule has 0 radical (unpaired) electrons. The van der Waals surface area contributed by atoms with E-state index in [1.54, 1.807) is 56.5 Å². The number of ketones is 1. The standard InChI is InChI=1S/C26H22O6/c1-4-30-22-8-6-5-7-18(22)15-23-24(27)20-13-14-21(16(2)25(20)31-23)32-26(28)17-9-11-19(29-3)12-10-17/h5-15H,4H2,1-3H3/b23-15-. The van der Waals surface area contributed by atoms with E-state index in [-0.39, 0.29) is 11.5 Å². The van der Waals surface area contributed by atoms with Gasteiger partial charge in [0, 0.05) is 11.1 Å². The fraction of sp³-hybridized carbons (Fsp3) is 0.154. The summed E-state index contributed by atoms with van der Waals surface area (Å²) in [6.07, 6.45) is 1.66. The molecule has 0 spiro atoms. The molecule has 3 aromatic rings. The molecule has 1 aliphatic heterocycles. The predicted molar refractivity (Wildman–Crippen MR) is 120 cm³/mol. The van der Waals surface area contributed by atoms with Crippen LogP contribution in [-0.4, -0.2) is 25.5 Å². The van der Waals surface area contributed by atoms with Crippen LogP contribution in [0.3, 0.4) is 0 Å². The van der Waals surface area contributed by atoms with E-state index in [1.807, 2.05) is 31.2 Å². The summed E-state index contributed by atoms with van der Waals surface area (Å²) in [6, 6.07) is 17.3. The number of allylic oxidation sites excluding steroid dienone is 1. The van der Waals surface area contributed by atoms with Crippen LogP contribution in [0.15, 0.2) is 66.4 Å². The maximum absolute atomic E-state index is 12.9. The third-order valence-corrected chi connectivity index (χ3v) is 5.07. The Kier molecular flexibility index (Phi) is 5.94. The van der Waals surface area contributed by atoms with Crippen molar-refractivity contribution in [2.24, 2.45) is 0 Å². The van der Waals surface area contributed by atoms with Gasteiger partial charge in [-0.25, -0.2) is 4.79 Å². The van der Waals surface area contributed by atoms with Crippen LogP contribution in [0.25, 0.3) is 6.08 Å². The third kappa shape index (κ3) is 4.07. The second-order valence-electron chi connectivity index (χ2n) is 7.09. The Labute approximate surface area is 186 Å². The maximum Gasteiger partial charge on any atom is 0.343 e. The Morgan fingerprint density at radius 1 is 1.00 bits per heavy atom. The lowest BCUT2D eigenvalue weighted by Crippen LogP contribution is -2.09. The molecule has 4 rings (SSSR count). The summed E-state index contributed by atoms with van der Waals surface area (Å²) in [5.74, 6) is 1.47. The van der Waals surface area contributed by atoms with Gasteiger partial charge in [-0.3, -0.25) is 4.79 Å². The molecule has 3 aromatic carbocycles. The molecule has 6 heteroatoms. The Bertz CT molecular complexity index is 1210. The van der Waals surface area contributed by atoms with E-state index in [9.17, 15) is 9.59 Å². The number of para-hydroxylation sites is 1. The number of Topliss-reactive ketones (excluding diaryl/α,β-unsaturated/α-hetero) is 1. The zero-order chi connectivity index (χ0) is 22.7.